The van der Waals surface area contributed by atoms with E-state index < -0.39 is 35.5 Å². The Bertz CT molecular complexity index is 874. The lowest BCUT2D eigenvalue weighted by Crippen LogP contribution is -2.44. The van der Waals surface area contributed by atoms with Gasteiger partial charge in [-0.2, -0.15) is 13.2 Å². The summed E-state index contributed by atoms with van der Waals surface area (Å²) in [5.74, 6) is -3.66. The van der Waals surface area contributed by atoms with Crippen LogP contribution in [0.4, 0.5) is 23.2 Å². The van der Waals surface area contributed by atoms with E-state index in [1.165, 1.54) is 24.3 Å². The van der Waals surface area contributed by atoms with E-state index in [2.05, 4.69) is 10.6 Å². The van der Waals surface area contributed by atoms with Crippen molar-refractivity contribution < 1.29 is 32.3 Å². The monoisotopic (exact) mass is 418 g/mol. The van der Waals surface area contributed by atoms with E-state index in [9.17, 15) is 27.2 Å². The normalized spacial score (nSPS) is 12.3. The highest BCUT2D eigenvalue weighted by molar-refractivity contribution is 6.32. The summed E-state index contributed by atoms with van der Waals surface area (Å²) >= 11 is 5.94. The van der Waals surface area contributed by atoms with Crippen molar-refractivity contribution in [3.05, 3.63) is 64.4 Å². The zero-order chi connectivity index (χ0) is 20.9. The van der Waals surface area contributed by atoms with Crippen LogP contribution in [0.5, 0.6) is 0 Å². The summed E-state index contributed by atoms with van der Waals surface area (Å²) in [5.41, 5.74) is -0.738. The van der Waals surface area contributed by atoms with Gasteiger partial charge in [0.05, 0.1) is 11.6 Å². The summed E-state index contributed by atoms with van der Waals surface area (Å²) in [7, 11) is 0. The first-order chi connectivity index (χ1) is 13.1. The lowest BCUT2D eigenvalue weighted by molar-refractivity contribution is -0.150. The summed E-state index contributed by atoms with van der Waals surface area (Å²) < 4.78 is 52.4. The van der Waals surface area contributed by atoms with Gasteiger partial charge in [0.15, 0.2) is 0 Å². The average molecular weight is 419 g/mol. The third-order valence-corrected chi connectivity index (χ3v) is 4.13. The van der Waals surface area contributed by atoms with Crippen LogP contribution in [-0.4, -0.2) is 29.6 Å². The summed E-state index contributed by atoms with van der Waals surface area (Å²) in [6, 6.07) is 7.33. The fourth-order valence-electron chi connectivity index (χ4n) is 2.49. The van der Waals surface area contributed by atoms with E-state index in [0.29, 0.717) is 5.56 Å². The molecule has 1 unspecified atom stereocenters. The maximum atomic E-state index is 13.2. The van der Waals surface area contributed by atoms with E-state index in [4.69, 9.17) is 16.7 Å². The van der Waals surface area contributed by atoms with Gasteiger partial charge in [-0.15, -0.1) is 0 Å². The molecule has 0 aliphatic heterocycles. The number of hydrogen-bond donors (Lipinski definition) is 3. The molecule has 0 fully saturated rings. The fraction of sp³-hybridized carbons (Fsp3) is 0.222. The number of hydrogen-bond acceptors (Lipinski definition) is 3. The van der Waals surface area contributed by atoms with Crippen LogP contribution < -0.4 is 10.6 Å². The summed E-state index contributed by atoms with van der Waals surface area (Å²) in [6.07, 6.45) is -4.62. The molecule has 28 heavy (non-hydrogen) atoms. The minimum Gasteiger partial charge on any atom is -0.474 e. The number of carboxylic acids is 1. The van der Waals surface area contributed by atoms with Crippen molar-refractivity contribution in [2.45, 2.75) is 18.6 Å². The number of carbonyl (C=O) groups excluding carboxylic acids is 1. The molecular weight excluding hydrogens is 404 g/mol. The number of amides is 1. The first kappa shape index (κ1) is 21.5. The number of nitrogens with one attached hydrogen (secondary N) is 2. The molecule has 2 rings (SSSR count). The number of carbonyl (C=O) groups is 2. The lowest BCUT2D eigenvalue weighted by Gasteiger charge is -2.21. The van der Waals surface area contributed by atoms with Gasteiger partial charge in [0.2, 0.25) is 0 Å². The number of para-hydroxylation sites is 1. The second-order valence-electron chi connectivity index (χ2n) is 5.84. The largest absolute Gasteiger partial charge is 0.474 e. The zero-order valence-corrected chi connectivity index (χ0v) is 14.9. The number of aliphatic carboxylic acids is 1. The van der Waals surface area contributed by atoms with Crippen molar-refractivity contribution in [1.29, 1.82) is 0 Å². The van der Waals surface area contributed by atoms with Gasteiger partial charge >= 0.3 is 18.1 Å². The van der Waals surface area contributed by atoms with Crippen molar-refractivity contribution in [2.75, 3.05) is 11.9 Å². The zero-order valence-electron chi connectivity index (χ0n) is 14.2. The third-order valence-electron chi connectivity index (χ3n) is 3.78. The van der Waals surface area contributed by atoms with Crippen LogP contribution in [0.15, 0.2) is 42.5 Å². The predicted molar refractivity (Wildman–Crippen MR) is 94.6 cm³/mol. The molecule has 2 aromatic rings. The Balaban J connectivity index is 2.21. The molecule has 150 valence electrons. The molecule has 0 bridgehead atoms. The van der Waals surface area contributed by atoms with Gasteiger partial charge in [-0.05, 0) is 36.2 Å². The van der Waals surface area contributed by atoms with E-state index in [-0.39, 0.29) is 23.7 Å². The molecule has 2 aromatic carbocycles. The number of anilines is 1. The third kappa shape index (κ3) is 5.85. The molecule has 0 aromatic heterocycles. The standard InChI is InChI=1S/C18H15ClF4N2O3/c19-14-8-11(20)6-5-10(14)7-12(25-16(26)17(27)28)9-24-15-4-2-1-3-13(15)18(21,22)23/h1-6,8,12,24H,7,9H2,(H,25,26)(H,27,28). The minimum atomic E-state index is -4.59. The number of alkyl halides is 3. The van der Waals surface area contributed by atoms with Gasteiger partial charge in [0.1, 0.15) is 5.82 Å². The van der Waals surface area contributed by atoms with Gasteiger partial charge in [-0.25, -0.2) is 9.18 Å². The molecule has 0 heterocycles. The van der Waals surface area contributed by atoms with Crippen LogP contribution in [0.2, 0.25) is 5.02 Å². The number of benzene rings is 2. The quantitative estimate of drug-likeness (QED) is 0.493. The Morgan fingerprint density at radius 2 is 1.82 bits per heavy atom. The molecule has 0 radical (unpaired) electrons. The van der Waals surface area contributed by atoms with Crippen molar-refractivity contribution in [3.63, 3.8) is 0 Å². The van der Waals surface area contributed by atoms with Crippen molar-refractivity contribution in [3.8, 4) is 0 Å². The molecule has 0 saturated heterocycles. The molecule has 1 atom stereocenters. The van der Waals surface area contributed by atoms with Crippen molar-refractivity contribution in [1.82, 2.24) is 5.32 Å². The highest BCUT2D eigenvalue weighted by Crippen LogP contribution is 2.34. The second-order valence-corrected chi connectivity index (χ2v) is 6.25. The fourth-order valence-corrected chi connectivity index (χ4v) is 2.74. The summed E-state index contributed by atoms with van der Waals surface area (Å²) in [4.78, 5) is 22.3. The summed E-state index contributed by atoms with van der Waals surface area (Å²) in [6.45, 7) is -0.222. The average Bonchev–Trinajstić information content (AvgIpc) is 2.61. The van der Waals surface area contributed by atoms with Crippen LogP contribution in [0, 0.1) is 5.82 Å². The van der Waals surface area contributed by atoms with Crippen LogP contribution in [0.1, 0.15) is 11.1 Å². The van der Waals surface area contributed by atoms with Crippen LogP contribution in [0.3, 0.4) is 0 Å². The maximum absolute atomic E-state index is 13.2. The smallest absolute Gasteiger partial charge is 0.418 e. The van der Waals surface area contributed by atoms with Gasteiger partial charge in [-0.3, -0.25) is 4.79 Å². The van der Waals surface area contributed by atoms with Gasteiger partial charge in [0.25, 0.3) is 0 Å². The highest BCUT2D eigenvalue weighted by Gasteiger charge is 2.33. The Morgan fingerprint density at radius 3 is 2.43 bits per heavy atom. The number of rotatable bonds is 6. The van der Waals surface area contributed by atoms with E-state index in [0.717, 1.165) is 18.2 Å². The maximum Gasteiger partial charge on any atom is 0.418 e. The molecule has 5 nitrogen and oxygen atoms in total. The van der Waals surface area contributed by atoms with Gasteiger partial charge in [-0.1, -0.05) is 29.8 Å². The lowest BCUT2D eigenvalue weighted by atomic mass is 10.0. The van der Waals surface area contributed by atoms with Crippen molar-refractivity contribution in [2.24, 2.45) is 0 Å². The molecule has 0 aliphatic carbocycles. The molecule has 0 spiro atoms. The van der Waals surface area contributed by atoms with E-state index in [1.54, 1.807) is 0 Å². The number of carboxylic acid groups (broad SMARTS) is 1. The first-order valence-electron chi connectivity index (χ1n) is 7.95. The number of halogens is 5. The molecule has 10 heteroatoms. The Kier molecular flexibility index (Phi) is 6.85. The topological polar surface area (TPSA) is 78.4 Å². The second kappa shape index (κ2) is 8.92. The Morgan fingerprint density at radius 1 is 1.14 bits per heavy atom. The highest BCUT2D eigenvalue weighted by atomic mass is 35.5. The first-order valence-corrected chi connectivity index (χ1v) is 8.33. The SMILES string of the molecule is O=C(O)C(=O)NC(CNc1ccccc1C(F)(F)F)Cc1ccc(F)cc1Cl. The van der Waals surface area contributed by atoms with E-state index >= 15 is 0 Å². The Hall–Kier alpha value is -2.81. The molecule has 0 aliphatic rings. The Labute approximate surface area is 162 Å². The van der Waals surface area contributed by atoms with Crippen molar-refractivity contribution >= 4 is 29.2 Å². The van der Waals surface area contributed by atoms with Crippen LogP contribution in [0.25, 0.3) is 0 Å². The molecular formula is C18H15ClF4N2O3. The molecule has 3 N–H and O–H groups in total. The summed E-state index contributed by atoms with van der Waals surface area (Å²) in [5, 5.41) is 13.6. The van der Waals surface area contributed by atoms with Gasteiger partial charge in [0, 0.05) is 17.3 Å². The van der Waals surface area contributed by atoms with E-state index in [1.807, 2.05) is 0 Å². The van der Waals surface area contributed by atoms with Crippen LogP contribution >= 0.6 is 11.6 Å². The molecule has 0 saturated carbocycles. The molecule has 1 amide bonds. The minimum absolute atomic E-state index is 0.0285. The predicted octanol–water partition coefficient (Wildman–Crippen LogP) is 3.72. The van der Waals surface area contributed by atoms with Gasteiger partial charge < -0.3 is 15.7 Å². The van der Waals surface area contributed by atoms with Crippen LogP contribution in [-0.2, 0) is 22.2 Å².